The van der Waals surface area contributed by atoms with Crippen LogP contribution in [0.5, 0.6) is 0 Å². The number of anilines is 2. The van der Waals surface area contributed by atoms with Crippen LogP contribution in [-0.4, -0.2) is 64.0 Å². The maximum absolute atomic E-state index is 12.4. The fraction of sp³-hybridized carbons (Fsp3) is 0.548. The average molecular weight is 545 g/mol. The molecule has 1 aromatic heterocycles. The number of rotatable bonds is 9. The van der Waals surface area contributed by atoms with Gasteiger partial charge in [-0.3, -0.25) is 14.6 Å². The minimum atomic E-state index is -0.368. The largest absolute Gasteiger partial charge is 0.444 e. The van der Waals surface area contributed by atoms with Crippen LogP contribution in [0.25, 0.3) is 0 Å². The fourth-order valence-corrected chi connectivity index (χ4v) is 6.60. The van der Waals surface area contributed by atoms with Crippen LogP contribution >= 0.6 is 0 Å². The standard InChI is InChI=1S/C31H40N6O3/c1-6-26(38)36-18-30(19-36)16-35(17-30)25(13-20(2)3)22-7-9-24(10-8-22)31(11-12-31)34-28-32-14-23-15-40-29(39)37(21(4)5)27(23)33-28/h6-10,14,20-21,25H,1,11-13,15-19H2,2-5H3,(H,32,33,34). The summed E-state index contributed by atoms with van der Waals surface area (Å²) in [5, 5.41) is 3.59. The predicted octanol–water partition coefficient (Wildman–Crippen LogP) is 4.86. The molecule has 2 saturated heterocycles. The zero-order valence-electron chi connectivity index (χ0n) is 24.0. The maximum Gasteiger partial charge on any atom is 0.416 e. The molecule has 4 heterocycles. The number of hydrogen-bond donors (Lipinski definition) is 1. The smallest absolute Gasteiger partial charge is 0.416 e. The van der Waals surface area contributed by atoms with E-state index < -0.39 is 0 Å². The first-order valence-corrected chi connectivity index (χ1v) is 14.5. The fourth-order valence-electron chi connectivity index (χ4n) is 6.60. The van der Waals surface area contributed by atoms with Gasteiger partial charge in [-0.15, -0.1) is 0 Å². The number of ether oxygens (including phenoxy) is 1. The number of likely N-dealkylation sites (tertiary alicyclic amines) is 2. The van der Waals surface area contributed by atoms with Crippen molar-refractivity contribution in [3.8, 4) is 0 Å². The third kappa shape index (κ3) is 4.74. The van der Waals surface area contributed by atoms with E-state index >= 15 is 0 Å². The van der Waals surface area contributed by atoms with E-state index in [-0.39, 0.29) is 35.6 Å². The van der Waals surface area contributed by atoms with E-state index in [1.807, 2.05) is 18.7 Å². The number of amides is 2. The number of benzene rings is 1. The van der Waals surface area contributed by atoms with Gasteiger partial charge in [0.15, 0.2) is 0 Å². The lowest BCUT2D eigenvalue weighted by Crippen LogP contribution is -2.73. The van der Waals surface area contributed by atoms with E-state index in [2.05, 4.69) is 59.9 Å². The summed E-state index contributed by atoms with van der Waals surface area (Å²) in [5.74, 6) is 1.79. The second-order valence-electron chi connectivity index (χ2n) is 12.8. The van der Waals surface area contributed by atoms with Crippen molar-refractivity contribution in [3.05, 3.63) is 59.8 Å². The molecule has 40 heavy (non-hydrogen) atoms. The number of carbonyl (C=O) groups excluding carboxylic acids is 2. The maximum atomic E-state index is 12.4. The Balaban J connectivity index is 1.15. The summed E-state index contributed by atoms with van der Waals surface area (Å²) in [4.78, 5) is 39.7. The van der Waals surface area contributed by atoms with Crippen LogP contribution in [0.15, 0.2) is 43.1 Å². The van der Waals surface area contributed by atoms with E-state index in [1.165, 1.54) is 17.2 Å². The Morgan fingerprint density at radius 2 is 1.82 bits per heavy atom. The number of carbonyl (C=O) groups is 2. The van der Waals surface area contributed by atoms with Crippen LogP contribution in [0.2, 0.25) is 0 Å². The topological polar surface area (TPSA) is 90.9 Å². The first kappa shape index (κ1) is 26.7. The Labute approximate surface area is 236 Å². The molecule has 0 bridgehead atoms. The van der Waals surface area contributed by atoms with E-state index in [0.717, 1.165) is 51.0 Å². The van der Waals surface area contributed by atoms with Crippen LogP contribution in [0.4, 0.5) is 16.6 Å². The molecule has 3 aliphatic heterocycles. The summed E-state index contributed by atoms with van der Waals surface area (Å²) in [6.45, 7) is 16.1. The number of fused-ring (bicyclic) bond motifs is 1. The van der Waals surface area contributed by atoms with Gasteiger partial charge in [0, 0.05) is 49.9 Å². The highest BCUT2D eigenvalue weighted by atomic mass is 16.6. The third-order valence-corrected chi connectivity index (χ3v) is 8.83. The van der Waals surface area contributed by atoms with E-state index in [4.69, 9.17) is 9.72 Å². The van der Waals surface area contributed by atoms with Crippen molar-refractivity contribution in [1.29, 1.82) is 0 Å². The lowest BCUT2D eigenvalue weighted by molar-refractivity contribution is -0.159. The molecule has 6 rings (SSSR count). The van der Waals surface area contributed by atoms with E-state index in [9.17, 15) is 9.59 Å². The van der Waals surface area contributed by atoms with Crippen molar-refractivity contribution >= 4 is 23.8 Å². The number of hydrogen-bond acceptors (Lipinski definition) is 7. The molecule has 1 unspecified atom stereocenters. The summed E-state index contributed by atoms with van der Waals surface area (Å²) >= 11 is 0. The Morgan fingerprint density at radius 3 is 2.42 bits per heavy atom. The van der Waals surface area contributed by atoms with Gasteiger partial charge < -0.3 is 15.0 Å². The summed E-state index contributed by atoms with van der Waals surface area (Å²) in [6, 6.07) is 9.39. The summed E-state index contributed by atoms with van der Waals surface area (Å²) in [6.07, 6.45) is 5.93. The number of cyclic esters (lactones) is 1. The zero-order valence-corrected chi connectivity index (χ0v) is 24.0. The van der Waals surface area contributed by atoms with Crippen molar-refractivity contribution in [3.63, 3.8) is 0 Å². The zero-order chi connectivity index (χ0) is 28.2. The monoisotopic (exact) mass is 544 g/mol. The van der Waals surface area contributed by atoms with Gasteiger partial charge in [-0.2, -0.15) is 4.98 Å². The molecule has 9 nitrogen and oxygen atoms in total. The molecule has 1 atom stereocenters. The first-order chi connectivity index (χ1) is 19.1. The van der Waals surface area contributed by atoms with Crippen LogP contribution < -0.4 is 10.2 Å². The molecular formula is C31H40N6O3. The molecule has 1 saturated carbocycles. The second-order valence-corrected chi connectivity index (χ2v) is 12.8. The molecule has 1 aliphatic carbocycles. The van der Waals surface area contributed by atoms with Gasteiger partial charge in [0.1, 0.15) is 12.4 Å². The first-order valence-electron chi connectivity index (χ1n) is 14.5. The quantitative estimate of drug-likeness (QED) is 0.451. The van der Waals surface area contributed by atoms with Gasteiger partial charge >= 0.3 is 6.09 Å². The molecule has 1 N–H and O–H groups in total. The summed E-state index contributed by atoms with van der Waals surface area (Å²) in [5.41, 5.74) is 3.47. The molecule has 1 aromatic carbocycles. The van der Waals surface area contributed by atoms with Crippen molar-refractivity contribution in [2.45, 2.75) is 71.2 Å². The van der Waals surface area contributed by atoms with E-state index in [0.29, 0.717) is 23.7 Å². The van der Waals surface area contributed by atoms with Crippen molar-refractivity contribution in [2.75, 3.05) is 36.4 Å². The highest BCUT2D eigenvalue weighted by Gasteiger charge is 2.54. The van der Waals surface area contributed by atoms with Crippen molar-refractivity contribution in [2.24, 2.45) is 11.3 Å². The van der Waals surface area contributed by atoms with Crippen molar-refractivity contribution in [1.82, 2.24) is 19.8 Å². The normalized spacial score (nSPS) is 21.4. The Kier molecular flexibility index (Phi) is 6.60. The lowest BCUT2D eigenvalue weighted by atomic mass is 9.71. The van der Waals surface area contributed by atoms with Gasteiger partial charge in [-0.05, 0) is 56.2 Å². The summed E-state index contributed by atoms with van der Waals surface area (Å²) in [7, 11) is 0. The minimum Gasteiger partial charge on any atom is -0.444 e. The van der Waals surface area contributed by atoms with Crippen LogP contribution in [-0.2, 0) is 21.7 Å². The Morgan fingerprint density at radius 1 is 1.12 bits per heavy atom. The summed E-state index contributed by atoms with van der Waals surface area (Å²) < 4.78 is 5.29. The highest BCUT2D eigenvalue weighted by Crippen LogP contribution is 2.49. The number of nitrogens with one attached hydrogen (secondary N) is 1. The molecule has 2 aromatic rings. The van der Waals surface area contributed by atoms with Crippen LogP contribution in [0.1, 0.15) is 69.7 Å². The molecule has 3 fully saturated rings. The predicted molar refractivity (Wildman–Crippen MR) is 154 cm³/mol. The lowest BCUT2D eigenvalue weighted by Gasteiger charge is -2.62. The van der Waals surface area contributed by atoms with Gasteiger partial charge in [0.2, 0.25) is 11.9 Å². The minimum absolute atomic E-state index is 0.0431. The third-order valence-electron chi connectivity index (χ3n) is 8.83. The molecule has 4 aliphatic rings. The van der Waals surface area contributed by atoms with Crippen molar-refractivity contribution < 1.29 is 14.3 Å². The molecule has 2 amide bonds. The molecular weight excluding hydrogens is 504 g/mol. The number of nitrogens with zero attached hydrogens (tertiary/aromatic N) is 5. The Hall–Kier alpha value is -3.46. The van der Waals surface area contributed by atoms with Gasteiger partial charge in [-0.25, -0.2) is 9.78 Å². The second kappa shape index (κ2) is 9.87. The molecule has 1 spiro atoms. The van der Waals surface area contributed by atoms with Crippen LogP contribution in [0.3, 0.4) is 0 Å². The van der Waals surface area contributed by atoms with Gasteiger partial charge in [-0.1, -0.05) is 44.7 Å². The van der Waals surface area contributed by atoms with Crippen LogP contribution in [0, 0.1) is 11.3 Å². The van der Waals surface area contributed by atoms with Gasteiger partial charge in [0.25, 0.3) is 0 Å². The molecule has 9 heteroatoms. The molecule has 0 radical (unpaired) electrons. The Bertz CT molecular complexity index is 1300. The molecule has 212 valence electrons. The SMILES string of the molecule is C=CC(=O)N1CC2(C1)CN(C(CC(C)C)c1ccc(C3(Nc4ncc5c(n4)N(C(C)C)C(=O)OC5)CC3)cc1)C2. The van der Waals surface area contributed by atoms with Gasteiger partial charge in [0.05, 0.1) is 11.1 Å². The van der Waals surface area contributed by atoms with E-state index in [1.54, 1.807) is 11.1 Å². The highest BCUT2D eigenvalue weighted by molar-refractivity contribution is 5.89. The number of aromatic nitrogens is 2. The average Bonchev–Trinajstić information content (AvgIpc) is 3.66.